The van der Waals surface area contributed by atoms with Gasteiger partial charge in [-0.05, 0) is 29.8 Å². The number of aromatic nitrogens is 3. The van der Waals surface area contributed by atoms with Crippen LogP contribution in [0.4, 0.5) is 0 Å². The zero-order chi connectivity index (χ0) is 23.1. The first-order valence-corrected chi connectivity index (χ1v) is 9.77. The molecule has 1 heterocycles. The highest BCUT2D eigenvalue weighted by Crippen LogP contribution is 2.15. The first kappa shape index (κ1) is 22.8. The van der Waals surface area contributed by atoms with Crippen LogP contribution < -0.4 is 26.0 Å². The van der Waals surface area contributed by atoms with Crippen LogP contribution in [0.25, 0.3) is 5.69 Å². The lowest BCUT2D eigenvalue weighted by atomic mass is 10.2. The topological polar surface area (TPSA) is 114 Å². The number of carbonyl (C=O) groups excluding carboxylic acids is 1. The van der Waals surface area contributed by atoms with E-state index in [0.717, 1.165) is 9.25 Å². The van der Waals surface area contributed by atoms with Gasteiger partial charge in [0.15, 0.2) is 0 Å². The molecule has 32 heavy (non-hydrogen) atoms. The molecule has 1 aromatic heterocycles. The summed E-state index contributed by atoms with van der Waals surface area (Å²) in [6, 6.07) is 13.6. The van der Waals surface area contributed by atoms with Crippen molar-refractivity contribution in [2.24, 2.45) is 0 Å². The Balaban J connectivity index is 2.15. The maximum Gasteiger partial charge on any atom is 0.352 e. The Morgan fingerprint density at radius 2 is 1.69 bits per heavy atom. The molecule has 10 heteroatoms. The van der Waals surface area contributed by atoms with Crippen molar-refractivity contribution in [2.75, 3.05) is 34.5 Å². The SMILES string of the molecule is COCCNC(=O)c1nn(-c2cccc(OC)c2)c(=O)n(Cc2cccc(OC)c2)c1=O. The van der Waals surface area contributed by atoms with Crippen molar-refractivity contribution in [1.29, 1.82) is 0 Å². The average molecular weight is 440 g/mol. The third-order valence-corrected chi connectivity index (χ3v) is 4.64. The van der Waals surface area contributed by atoms with E-state index in [-0.39, 0.29) is 19.7 Å². The van der Waals surface area contributed by atoms with Crippen LogP contribution in [-0.4, -0.2) is 54.7 Å². The quantitative estimate of drug-likeness (QED) is 0.491. The van der Waals surface area contributed by atoms with E-state index in [9.17, 15) is 14.4 Å². The van der Waals surface area contributed by atoms with Gasteiger partial charge in [0.25, 0.3) is 11.5 Å². The Labute approximate surface area is 184 Å². The summed E-state index contributed by atoms with van der Waals surface area (Å²) < 4.78 is 17.3. The highest BCUT2D eigenvalue weighted by atomic mass is 16.5. The van der Waals surface area contributed by atoms with Crippen LogP contribution in [0.3, 0.4) is 0 Å². The zero-order valence-corrected chi connectivity index (χ0v) is 18.0. The van der Waals surface area contributed by atoms with E-state index in [1.807, 2.05) is 0 Å². The van der Waals surface area contributed by atoms with Crippen LogP contribution in [0, 0.1) is 0 Å². The summed E-state index contributed by atoms with van der Waals surface area (Å²) in [6.45, 7) is 0.379. The van der Waals surface area contributed by atoms with Crippen LogP contribution in [0.5, 0.6) is 11.5 Å². The Bertz CT molecular complexity index is 1220. The highest BCUT2D eigenvalue weighted by molar-refractivity contribution is 5.91. The molecule has 0 aliphatic carbocycles. The van der Waals surface area contributed by atoms with Gasteiger partial charge in [-0.25, -0.2) is 4.79 Å². The molecule has 1 amide bonds. The molecule has 168 valence electrons. The maximum atomic E-state index is 13.2. The molecule has 0 spiro atoms. The number of nitrogens with one attached hydrogen (secondary N) is 1. The molecule has 10 nitrogen and oxygen atoms in total. The van der Waals surface area contributed by atoms with E-state index >= 15 is 0 Å². The number of hydrogen-bond acceptors (Lipinski definition) is 7. The lowest BCUT2D eigenvalue weighted by Gasteiger charge is -2.13. The number of methoxy groups -OCH3 is 3. The summed E-state index contributed by atoms with van der Waals surface area (Å²) in [5, 5.41) is 6.64. The number of benzene rings is 2. The molecule has 0 fully saturated rings. The molecule has 0 bridgehead atoms. The molecule has 1 N–H and O–H groups in total. The average Bonchev–Trinajstić information content (AvgIpc) is 2.82. The van der Waals surface area contributed by atoms with Gasteiger partial charge in [-0.15, -0.1) is 0 Å². The molecule has 0 saturated carbocycles. The largest absolute Gasteiger partial charge is 0.497 e. The molecule has 0 atom stereocenters. The smallest absolute Gasteiger partial charge is 0.352 e. The molecule has 0 saturated heterocycles. The predicted octanol–water partition coefficient (Wildman–Crippen LogP) is 0.836. The summed E-state index contributed by atoms with van der Waals surface area (Å²) in [5.41, 5.74) is -0.907. The zero-order valence-electron chi connectivity index (χ0n) is 18.0. The Morgan fingerprint density at radius 3 is 2.38 bits per heavy atom. The summed E-state index contributed by atoms with van der Waals surface area (Å²) in [7, 11) is 4.51. The van der Waals surface area contributed by atoms with Gasteiger partial charge in [0, 0.05) is 19.7 Å². The van der Waals surface area contributed by atoms with Gasteiger partial charge in [-0.3, -0.25) is 14.2 Å². The second-order valence-electron chi connectivity index (χ2n) is 6.74. The van der Waals surface area contributed by atoms with Crippen LogP contribution in [0.15, 0.2) is 58.1 Å². The second-order valence-corrected chi connectivity index (χ2v) is 6.74. The summed E-state index contributed by atoms with van der Waals surface area (Å²) in [5.74, 6) is 0.367. The first-order chi connectivity index (χ1) is 15.5. The van der Waals surface area contributed by atoms with Crippen LogP contribution in [0.2, 0.25) is 0 Å². The van der Waals surface area contributed by atoms with Crippen molar-refractivity contribution in [2.45, 2.75) is 6.54 Å². The second kappa shape index (κ2) is 10.4. The normalized spacial score (nSPS) is 10.6. The van der Waals surface area contributed by atoms with Crippen molar-refractivity contribution >= 4 is 5.91 Å². The third-order valence-electron chi connectivity index (χ3n) is 4.64. The minimum absolute atomic E-state index is 0.0697. The number of carbonyl (C=O) groups is 1. The van der Waals surface area contributed by atoms with Gasteiger partial charge in [0.2, 0.25) is 5.69 Å². The van der Waals surface area contributed by atoms with E-state index in [1.54, 1.807) is 48.5 Å². The Kier molecular flexibility index (Phi) is 7.40. The van der Waals surface area contributed by atoms with Gasteiger partial charge >= 0.3 is 5.69 Å². The predicted molar refractivity (Wildman–Crippen MR) is 117 cm³/mol. The molecule has 0 aliphatic heterocycles. The van der Waals surface area contributed by atoms with Crippen LogP contribution in [0.1, 0.15) is 16.1 Å². The lowest BCUT2D eigenvalue weighted by Crippen LogP contribution is -2.46. The fourth-order valence-corrected chi connectivity index (χ4v) is 3.01. The summed E-state index contributed by atoms with van der Waals surface area (Å²) in [6.07, 6.45) is 0. The molecule has 3 rings (SSSR count). The van der Waals surface area contributed by atoms with Crippen molar-refractivity contribution in [3.63, 3.8) is 0 Å². The van der Waals surface area contributed by atoms with Crippen molar-refractivity contribution < 1.29 is 19.0 Å². The fraction of sp³-hybridized carbons (Fsp3) is 0.273. The molecular formula is C22H24N4O6. The van der Waals surface area contributed by atoms with Crippen LogP contribution >= 0.6 is 0 Å². The monoisotopic (exact) mass is 440 g/mol. The van der Waals surface area contributed by atoms with Crippen molar-refractivity contribution in [3.05, 3.63) is 80.6 Å². The third kappa shape index (κ3) is 5.03. The van der Waals surface area contributed by atoms with Crippen molar-refractivity contribution in [3.8, 4) is 17.2 Å². The molecule has 2 aromatic carbocycles. The number of nitrogens with zero attached hydrogens (tertiary/aromatic N) is 3. The molecule has 3 aromatic rings. The minimum atomic E-state index is -0.799. The van der Waals surface area contributed by atoms with Gasteiger partial charge in [-0.1, -0.05) is 18.2 Å². The fourth-order valence-electron chi connectivity index (χ4n) is 3.01. The van der Waals surface area contributed by atoms with Crippen molar-refractivity contribution in [1.82, 2.24) is 19.7 Å². The maximum absolute atomic E-state index is 13.2. The number of hydrogen-bond donors (Lipinski definition) is 1. The lowest BCUT2D eigenvalue weighted by molar-refractivity contribution is 0.0927. The molecule has 0 unspecified atom stereocenters. The van der Waals surface area contributed by atoms with Crippen LogP contribution in [-0.2, 0) is 11.3 Å². The summed E-state index contributed by atoms with van der Waals surface area (Å²) in [4.78, 5) is 39.0. The molecule has 0 aliphatic rings. The van der Waals surface area contributed by atoms with Gasteiger partial charge < -0.3 is 19.5 Å². The number of ether oxygens (including phenoxy) is 3. The van der Waals surface area contributed by atoms with E-state index in [1.165, 1.54) is 21.3 Å². The first-order valence-electron chi connectivity index (χ1n) is 9.77. The molecular weight excluding hydrogens is 416 g/mol. The standard InChI is InChI=1S/C22H24N4O6/c1-30-11-10-23-20(27)19-21(28)25(14-15-6-4-8-17(12-15)31-2)22(29)26(24-19)16-7-5-9-18(13-16)32-3/h4-9,12-13H,10-11,14H2,1-3H3,(H,23,27). The molecule has 0 radical (unpaired) electrons. The Morgan fingerprint density at radius 1 is 1.00 bits per heavy atom. The van der Waals surface area contributed by atoms with Gasteiger partial charge in [-0.2, -0.15) is 9.78 Å². The number of rotatable bonds is 9. The van der Waals surface area contributed by atoms with E-state index in [0.29, 0.717) is 22.7 Å². The van der Waals surface area contributed by atoms with Gasteiger partial charge in [0.05, 0.1) is 33.1 Å². The van der Waals surface area contributed by atoms with E-state index < -0.39 is 22.9 Å². The number of amides is 1. The highest BCUT2D eigenvalue weighted by Gasteiger charge is 2.20. The van der Waals surface area contributed by atoms with E-state index in [4.69, 9.17) is 14.2 Å². The van der Waals surface area contributed by atoms with Gasteiger partial charge in [0.1, 0.15) is 11.5 Å². The Hall–Kier alpha value is -3.92. The summed E-state index contributed by atoms with van der Waals surface area (Å²) >= 11 is 0. The van der Waals surface area contributed by atoms with E-state index in [2.05, 4.69) is 10.4 Å². The minimum Gasteiger partial charge on any atom is -0.497 e.